The molecule has 1 unspecified atom stereocenters. The summed E-state index contributed by atoms with van der Waals surface area (Å²) in [4.78, 5) is 38.5. The highest BCUT2D eigenvalue weighted by molar-refractivity contribution is 5.99. The predicted molar refractivity (Wildman–Crippen MR) is 109 cm³/mol. The summed E-state index contributed by atoms with van der Waals surface area (Å²) in [6.45, 7) is 4.08. The number of para-hydroxylation sites is 1. The number of esters is 1. The fraction of sp³-hybridized carbons (Fsp3) is 0.261. The molecule has 4 rings (SSSR count). The average Bonchev–Trinajstić information content (AvgIpc) is 3.10. The maximum absolute atomic E-state index is 12.8. The quantitative estimate of drug-likeness (QED) is 0.386. The first-order chi connectivity index (χ1) is 14.0. The molecule has 3 aromatic rings. The van der Waals surface area contributed by atoms with Crippen LogP contribution < -0.4 is 15.3 Å². The van der Waals surface area contributed by atoms with Crippen LogP contribution in [0.15, 0.2) is 57.7 Å². The van der Waals surface area contributed by atoms with Gasteiger partial charge in [0.2, 0.25) is 5.91 Å². The van der Waals surface area contributed by atoms with Crippen LogP contribution in [0.2, 0.25) is 0 Å². The summed E-state index contributed by atoms with van der Waals surface area (Å²) >= 11 is 0. The molecular weight excluding hydrogens is 370 g/mol. The van der Waals surface area contributed by atoms with Gasteiger partial charge >= 0.3 is 11.6 Å². The largest absolute Gasteiger partial charge is 0.426 e. The monoisotopic (exact) mass is 391 g/mol. The number of nitrogens with zero attached hydrogens (tertiary/aromatic N) is 1. The van der Waals surface area contributed by atoms with Crippen molar-refractivity contribution in [3.05, 3.63) is 70.1 Å². The summed E-state index contributed by atoms with van der Waals surface area (Å²) < 4.78 is 10.9. The highest BCUT2D eigenvalue weighted by Gasteiger charge is 2.36. The lowest BCUT2D eigenvalue weighted by Gasteiger charge is -2.17. The van der Waals surface area contributed by atoms with Gasteiger partial charge in [-0.1, -0.05) is 25.1 Å². The molecule has 0 bridgehead atoms. The van der Waals surface area contributed by atoms with Gasteiger partial charge in [-0.15, -0.1) is 0 Å². The number of hydrogen-bond donors (Lipinski definition) is 0. The molecule has 1 atom stereocenters. The summed E-state index contributed by atoms with van der Waals surface area (Å²) in [5.74, 6) is -0.744. The van der Waals surface area contributed by atoms with Gasteiger partial charge in [-0.05, 0) is 42.7 Å². The van der Waals surface area contributed by atoms with E-state index in [1.54, 1.807) is 11.0 Å². The van der Waals surface area contributed by atoms with Gasteiger partial charge < -0.3 is 14.1 Å². The van der Waals surface area contributed by atoms with Gasteiger partial charge in [0.15, 0.2) is 0 Å². The summed E-state index contributed by atoms with van der Waals surface area (Å²) in [5.41, 5.74) is 2.35. The summed E-state index contributed by atoms with van der Waals surface area (Å²) in [6, 6.07) is 14.2. The molecule has 2 heterocycles. The standard InChI is InChI=1S/C23H21NO5/c1-3-15-10-18-14(2)9-22(26)28-20(18)12-19(15)29-23(27)16-11-21(25)24(13-16)17-7-5-4-6-8-17/h4-10,12,16H,3,11,13H2,1-2H3. The van der Waals surface area contributed by atoms with Crippen molar-refractivity contribution in [1.82, 2.24) is 0 Å². The van der Waals surface area contributed by atoms with Crippen LogP contribution in [0.5, 0.6) is 5.75 Å². The lowest BCUT2D eigenvalue weighted by atomic mass is 10.0. The molecule has 0 N–H and O–H groups in total. The Balaban J connectivity index is 1.59. The molecule has 0 spiro atoms. The maximum Gasteiger partial charge on any atom is 0.336 e. The Morgan fingerprint density at radius 3 is 2.66 bits per heavy atom. The van der Waals surface area contributed by atoms with E-state index in [4.69, 9.17) is 9.15 Å². The van der Waals surface area contributed by atoms with E-state index in [1.807, 2.05) is 50.2 Å². The Bertz CT molecular complexity index is 1150. The van der Waals surface area contributed by atoms with Crippen molar-refractivity contribution in [3.8, 4) is 5.75 Å². The van der Waals surface area contributed by atoms with Gasteiger partial charge in [0.1, 0.15) is 11.3 Å². The third-order valence-electron chi connectivity index (χ3n) is 5.25. The number of amides is 1. The van der Waals surface area contributed by atoms with Crippen LogP contribution in [0.25, 0.3) is 11.0 Å². The topological polar surface area (TPSA) is 76.8 Å². The molecule has 6 heteroatoms. The highest BCUT2D eigenvalue weighted by Crippen LogP contribution is 2.30. The predicted octanol–water partition coefficient (Wildman–Crippen LogP) is 3.62. The van der Waals surface area contributed by atoms with E-state index in [-0.39, 0.29) is 18.9 Å². The number of anilines is 1. The van der Waals surface area contributed by atoms with Crippen LogP contribution >= 0.6 is 0 Å². The van der Waals surface area contributed by atoms with E-state index < -0.39 is 17.5 Å². The van der Waals surface area contributed by atoms with Crippen LogP contribution in [-0.2, 0) is 16.0 Å². The minimum absolute atomic E-state index is 0.103. The molecule has 1 aliphatic rings. The van der Waals surface area contributed by atoms with E-state index >= 15 is 0 Å². The Labute approximate surface area is 167 Å². The van der Waals surface area contributed by atoms with Crippen LogP contribution in [0.3, 0.4) is 0 Å². The van der Waals surface area contributed by atoms with E-state index in [9.17, 15) is 14.4 Å². The van der Waals surface area contributed by atoms with Crippen molar-refractivity contribution in [2.75, 3.05) is 11.4 Å². The highest BCUT2D eigenvalue weighted by atomic mass is 16.5. The molecule has 1 aliphatic heterocycles. The van der Waals surface area contributed by atoms with Gasteiger partial charge in [-0.2, -0.15) is 0 Å². The molecule has 1 amide bonds. The maximum atomic E-state index is 12.8. The van der Waals surface area contributed by atoms with E-state index in [0.717, 1.165) is 22.2 Å². The molecule has 2 aromatic carbocycles. The number of carbonyl (C=O) groups is 2. The second kappa shape index (κ2) is 7.54. The van der Waals surface area contributed by atoms with Gasteiger partial charge in [0.25, 0.3) is 0 Å². The van der Waals surface area contributed by atoms with E-state index in [2.05, 4.69) is 0 Å². The number of ether oxygens (including phenoxy) is 1. The minimum atomic E-state index is -0.548. The minimum Gasteiger partial charge on any atom is -0.426 e. The molecule has 1 saturated heterocycles. The summed E-state index contributed by atoms with van der Waals surface area (Å²) in [5, 5.41) is 0.813. The summed E-state index contributed by atoms with van der Waals surface area (Å²) in [7, 11) is 0. The zero-order valence-electron chi connectivity index (χ0n) is 16.3. The Morgan fingerprint density at radius 2 is 1.93 bits per heavy atom. The van der Waals surface area contributed by atoms with Crippen molar-refractivity contribution in [3.63, 3.8) is 0 Å². The van der Waals surface area contributed by atoms with Crippen molar-refractivity contribution in [2.24, 2.45) is 5.92 Å². The Kier molecular flexibility index (Phi) is 4.92. The molecule has 1 aromatic heterocycles. The van der Waals surface area contributed by atoms with Crippen molar-refractivity contribution >= 4 is 28.5 Å². The molecule has 0 radical (unpaired) electrons. The zero-order chi connectivity index (χ0) is 20.5. The van der Waals surface area contributed by atoms with Crippen LogP contribution in [0.4, 0.5) is 5.69 Å². The van der Waals surface area contributed by atoms with Crippen molar-refractivity contribution in [2.45, 2.75) is 26.7 Å². The van der Waals surface area contributed by atoms with Gasteiger partial charge in [0, 0.05) is 36.2 Å². The Morgan fingerprint density at radius 1 is 1.17 bits per heavy atom. The first-order valence-corrected chi connectivity index (χ1v) is 9.60. The number of hydrogen-bond acceptors (Lipinski definition) is 5. The van der Waals surface area contributed by atoms with E-state index in [1.165, 1.54) is 6.07 Å². The normalized spacial score (nSPS) is 16.4. The molecule has 0 aliphatic carbocycles. The number of benzene rings is 2. The number of rotatable bonds is 4. The molecule has 0 saturated carbocycles. The van der Waals surface area contributed by atoms with Crippen LogP contribution in [0.1, 0.15) is 24.5 Å². The number of carbonyl (C=O) groups excluding carboxylic acids is 2. The second-order valence-corrected chi connectivity index (χ2v) is 7.22. The second-order valence-electron chi connectivity index (χ2n) is 7.22. The first kappa shape index (κ1) is 18.9. The van der Waals surface area contributed by atoms with Gasteiger partial charge in [-0.3, -0.25) is 9.59 Å². The lowest BCUT2D eigenvalue weighted by Crippen LogP contribution is -2.27. The number of fused-ring (bicyclic) bond motifs is 1. The molecule has 29 heavy (non-hydrogen) atoms. The SMILES string of the molecule is CCc1cc2c(C)cc(=O)oc2cc1OC(=O)C1CC(=O)N(c2ccccc2)C1. The molecule has 148 valence electrons. The van der Waals surface area contributed by atoms with E-state index in [0.29, 0.717) is 17.8 Å². The fourth-order valence-corrected chi connectivity index (χ4v) is 3.68. The third-order valence-corrected chi connectivity index (χ3v) is 5.25. The first-order valence-electron chi connectivity index (χ1n) is 9.60. The fourth-order valence-electron chi connectivity index (χ4n) is 3.68. The van der Waals surface area contributed by atoms with Crippen LogP contribution in [-0.4, -0.2) is 18.4 Å². The molecule has 1 fully saturated rings. The van der Waals surface area contributed by atoms with Gasteiger partial charge in [-0.25, -0.2) is 4.79 Å². The third kappa shape index (κ3) is 3.66. The zero-order valence-corrected chi connectivity index (χ0v) is 16.3. The smallest absolute Gasteiger partial charge is 0.336 e. The van der Waals surface area contributed by atoms with Crippen LogP contribution in [0, 0.1) is 12.8 Å². The molecule has 6 nitrogen and oxygen atoms in total. The average molecular weight is 391 g/mol. The van der Waals surface area contributed by atoms with Gasteiger partial charge in [0.05, 0.1) is 5.92 Å². The van der Waals surface area contributed by atoms with Crippen molar-refractivity contribution in [1.29, 1.82) is 0 Å². The number of aryl methyl sites for hydroxylation is 2. The van der Waals surface area contributed by atoms with Crippen molar-refractivity contribution < 1.29 is 18.7 Å². The summed E-state index contributed by atoms with van der Waals surface area (Å²) in [6.07, 6.45) is 0.758. The Hall–Kier alpha value is -3.41. The lowest BCUT2D eigenvalue weighted by molar-refractivity contribution is -0.139. The molecular formula is C23H21NO5.